The average molecular weight is 311 g/mol. The molecule has 2 aromatic carbocycles. The van der Waals surface area contributed by atoms with Gasteiger partial charge in [0.25, 0.3) is 0 Å². The van der Waals surface area contributed by atoms with Crippen molar-refractivity contribution in [1.29, 1.82) is 0 Å². The Morgan fingerprint density at radius 2 is 1.86 bits per heavy atom. The van der Waals surface area contributed by atoms with Crippen molar-refractivity contribution < 1.29 is 19.2 Å². The Morgan fingerprint density at radius 1 is 1.14 bits per heavy atom. The molecule has 0 aromatic heterocycles. The molecule has 0 amide bonds. The lowest BCUT2D eigenvalue weighted by Gasteiger charge is -2.13. The summed E-state index contributed by atoms with van der Waals surface area (Å²) in [6, 6.07) is 9.93. The number of nitrogens with two attached hydrogens (primary N) is 1. The van der Waals surface area contributed by atoms with Crippen molar-refractivity contribution in [1.82, 2.24) is 0 Å². The highest BCUT2D eigenvalue weighted by molar-refractivity contribution is 6.32. The van der Waals surface area contributed by atoms with Crippen LogP contribution in [0.25, 0.3) is 0 Å². The highest BCUT2D eigenvalue weighted by Gasteiger charge is 2.12. The second-order valence-corrected chi connectivity index (χ2v) is 5.04. The number of hydrogen-bond donors (Lipinski definition) is 1. The van der Waals surface area contributed by atoms with E-state index < -0.39 is 0 Å². The van der Waals surface area contributed by atoms with Gasteiger partial charge in [-0.25, -0.2) is 4.39 Å². The molecule has 0 aliphatic heterocycles. The van der Waals surface area contributed by atoms with Crippen LogP contribution in [-0.2, 0) is 13.2 Å². The fourth-order valence-electron chi connectivity index (χ4n) is 2.00. The first kappa shape index (κ1) is 15.6. The zero-order valence-electron chi connectivity index (χ0n) is 12.0. The first-order valence-corrected chi connectivity index (χ1v) is 7.03. The summed E-state index contributed by atoms with van der Waals surface area (Å²) >= 11 is 6.26. The molecule has 0 unspecified atom stereocenters. The minimum absolute atomic E-state index is 0.269. The summed E-state index contributed by atoms with van der Waals surface area (Å²) in [5.74, 6) is 0.833. The van der Waals surface area contributed by atoms with Crippen molar-refractivity contribution in [3.63, 3.8) is 0 Å². The molecule has 0 heterocycles. The van der Waals surface area contributed by atoms with Crippen molar-refractivity contribution in [3.8, 4) is 11.5 Å². The maximum Gasteiger partial charge on any atom is 0.180 e. The minimum Gasteiger partial charge on any atom is -0.493 e. The molecule has 112 valence electrons. The largest absolute Gasteiger partial charge is 0.493 e. The lowest BCUT2D eigenvalue weighted by atomic mass is 10.2. The number of halogens is 2. The Hall–Kier alpha value is -1.78. The molecular weight excluding hydrogens is 293 g/mol. The van der Waals surface area contributed by atoms with E-state index in [0.717, 1.165) is 17.7 Å². The lowest BCUT2D eigenvalue weighted by molar-refractivity contribution is -0.643. The molecule has 0 saturated heterocycles. The lowest BCUT2D eigenvalue weighted by Crippen LogP contribution is -2.77. The Bertz CT molecular complexity index is 602. The molecule has 0 spiro atoms. The van der Waals surface area contributed by atoms with Crippen molar-refractivity contribution in [2.24, 2.45) is 0 Å². The molecule has 2 rings (SSSR count). The molecule has 0 fully saturated rings. The zero-order valence-corrected chi connectivity index (χ0v) is 12.8. The molecule has 0 aliphatic carbocycles. The highest BCUT2D eigenvalue weighted by Crippen LogP contribution is 2.36. The summed E-state index contributed by atoms with van der Waals surface area (Å²) in [6.45, 7) is 1.12. The van der Waals surface area contributed by atoms with E-state index in [0.29, 0.717) is 23.1 Å². The summed E-state index contributed by atoms with van der Waals surface area (Å²) in [5.41, 5.74) is 1.92. The average Bonchev–Trinajstić information content (AvgIpc) is 2.47. The topological polar surface area (TPSA) is 35.1 Å². The van der Waals surface area contributed by atoms with Crippen LogP contribution in [0.1, 0.15) is 11.1 Å². The third-order valence-electron chi connectivity index (χ3n) is 3.03. The van der Waals surface area contributed by atoms with Crippen LogP contribution in [0, 0.1) is 5.82 Å². The number of ether oxygens (including phenoxy) is 2. The van der Waals surface area contributed by atoms with Crippen LogP contribution in [-0.4, -0.2) is 14.2 Å². The molecule has 0 aliphatic rings. The van der Waals surface area contributed by atoms with E-state index in [1.807, 2.05) is 24.5 Å². The van der Waals surface area contributed by atoms with E-state index in [1.54, 1.807) is 19.2 Å². The third-order valence-corrected chi connectivity index (χ3v) is 3.31. The van der Waals surface area contributed by atoms with Crippen molar-refractivity contribution >= 4 is 11.6 Å². The fraction of sp³-hybridized carbons (Fsp3) is 0.250. The van der Waals surface area contributed by atoms with Crippen LogP contribution in [0.3, 0.4) is 0 Å². The van der Waals surface area contributed by atoms with Gasteiger partial charge in [0.15, 0.2) is 11.5 Å². The smallest absolute Gasteiger partial charge is 0.180 e. The summed E-state index contributed by atoms with van der Waals surface area (Å²) in [4.78, 5) is 0. The number of benzene rings is 2. The van der Waals surface area contributed by atoms with E-state index in [-0.39, 0.29) is 5.82 Å². The van der Waals surface area contributed by atoms with E-state index in [2.05, 4.69) is 0 Å². The van der Waals surface area contributed by atoms with Gasteiger partial charge in [-0.2, -0.15) is 0 Å². The predicted molar refractivity (Wildman–Crippen MR) is 80.3 cm³/mol. The Morgan fingerprint density at radius 3 is 2.48 bits per heavy atom. The fourth-order valence-corrected chi connectivity index (χ4v) is 2.29. The van der Waals surface area contributed by atoms with Gasteiger partial charge in [0.1, 0.15) is 19.0 Å². The Balaban J connectivity index is 2.16. The van der Waals surface area contributed by atoms with Crippen LogP contribution in [0.15, 0.2) is 36.4 Å². The van der Waals surface area contributed by atoms with Gasteiger partial charge in [0, 0.05) is 5.56 Å². The third kappa shape index (κ3) is 4.09. The molecular formula is C16H18ClFNO2+. The molecule has 3 nitrogen and oxygen atoms in total. The van der Waals surface area contributed by atoms with Gasteiger partial charge in [0.05, 0.1) is 19.2 Å². The Kier molecular flexibility index (Phi) is 5.42. The quantitative estimate of drug-likeness (QED) is 0.890. The number of rotatable bonds is 6. The van der Waals surface area contributed by atoms with Gasteiger partial charge >= 0.3 is 0 Å². The van der Waals surface area contributed by atoms with Crippen molar-refractivity contribution in [2.75, 3.05) is 14.2 Å². The molecule has 5 heteroatoms. The summed E-state index contributed by atoms with van der Waals surface area (Å²) in [5, 5.41) is 2.55. The van der Waals surface area contributed by atoms with Gasteiger partial charge < -0.3 is 14.8 Å². The summed E-state index contributed by atoms with van der Waals surface area (Å²) in [6.07, 6.45) is 0. The molecule has 21 heavy (non-hydrogen) atoms. The monoisotopic (exact) mass is 310 g/mol. The van der Waals surface area contributed by atoms with Gasteiger partial charge in [0.2, 0.25) is 0 Å². The molecule has 0 radical (unpaired) electrons. The standard InChI is InChI=1S/C16H17ClFNO2/c1-19-9-12-7-14(17)16(15(8-12)20-2)21-10-11-3-5-13(18)6-4-11/h3-8,19H,9-10H2,1-2H3/p+1. The Labute approximate surface area is 128 Å². The minimum atomic E-state index is -0.269. The van der Waals surface area contributed by atoms with E-state index in [9.17, 15) is 4.39 Å². The van der Waals surface area contributed by atoms with Gasteiger partial charge in [-0.1, -0.05) is 23.7 Å². The van der Waals surface area contributed by atoms with E-state index in [4.69, 9.17) is 21.1 Å². The van der Waals surface area contributed by atoms with Crippen LogP contribution in [0.2, 0.25) is 5.02 Å². The van der Waals surface area contributed by atoms with Gasteiger partial charge in [-0.3, -0.25) is 0 Å². The molecule has 2 N–H and O–H groups in total. The predicted octanol–water partition coefficient (Wildman–Crippen LogP) is 2.76. The van der Waals surface area contributed by atoms with Crippen LogP contribution >= 0.6 is 11.6 Å². The first-order valence-electron chi connectivity index (χ1n) is 6.65. The van der Waals surface area contributed by atoms with E-state index >= 15 is 0 Å². The first-order chi connectivity index (χ1) is 10.1. The number of quaternary nitrogens is 1. The van der Waals surface area contributed by atoms with E-state index in [1.165, 1.54) is 12.1 Å². The molecule has 0 atom stereocenters. The normalized spacial score (nSPS) is 10.5. The van der Waals surface area contributed by atoms with Crippen LogP contribution in [0.4, 0.5) is 4.39 Å². The van der Waals surface area contributed by atoms with Crippen LogP contribution in [0.5, 0.6) is 11.5 Å². The molecule has 0 bridgehead atoms. The SMILES string of the molecule is C[NH2+]Cc1cc(Cl)c(OCc2ccc(F)cc2)c(OC)c1. The molecule has 2 aromatic rings. The van der Waals surface area contributed by atoms with Crippen LogP contribution < -0.4 is 14.8 Å². The summed E-state index contributed by atoms with van der Waals surface area (Å²) in [7, 11) is 3.56. The maximum absolute atomic E-state index is 12.9. The van der Waals surface area contributed by atoms with Gasteiger partial charge in [-0.05, 0) is 29.8 Å². The second kappa shape index (κ2) is 7.29. The number of methoxy groups -OCH3 is 1. The van der Waals surface area contributed by atoms with Crippen molar-refractivity contribution in [3.05, 3.63) is 58.4 Å². The van der Waals surface area contributed by atoms with Crippen molar-refractivity contribution in [2.45, 2.75) is 13.2 Å². The van der Waals surface area contributed by atoms with Gasteiger partial charge in [-0.15, -0.1) is 0 Å². The highest BCUT2D eigenvalue weighted by atomic mass is 35.5. The second-order valence-electron chi connectivity index (χ2n) is 4.64. The maximum atomic E-state index is 12.9. The number of hydrogen-bond acceptors (Lipinski definition) is 2. The zero-order chi connectivity index (χ0) is 15.2. The molecule has 0 saturated carbocycles. The summed E-state index contributed by atoms with van der Waals surface area (Å²) < 4.78 is 23.9.